The van der Waals surface area contributed by atoms with Crippen molar-refractivity contribution in [3.8, 4) is 0 Å². The fourth-order valence-electron chi connectivity index (χ4n) is 4.25. The molecule has 1 N–H and O–H groups in total. The Hall–Kier alpha value is -1.60. The number of rotatable bonds is 2. The van der Waals surface area contributed by atoms with E-state index in [0.717, 1.165) is 12.8 Å². The zero-order valence-corrected chi connectivity index (χ0v) is 12.2. The van der Waals surface area contributed by atoms with Gasteiger partial charge in [-0.3, -0.25) is 5.32 Å². The van der Waals surface area contributed by atoms with Crippen molar-refractivity contribution in [3.05, 3.63) is 70.8 Å². The maximum atomic E-state index is 3.96. The smallest absolute Gasteiger partial charge is 0.0703 e. The SMILES string of the molecule is CC(C)C[C@]12N[C@H](Cc3ccccc31)c1ccccc12. The number of nitrogens with one attached hydrogen (secondary N) is 1. The van der Waals surface area contributed by atoms with Gasteiger partial charge in [0.1, 0.15) is 0 Å². The van der Waals surface area contributed by atoms with Crippen molar-refractivity contribution in [2.24, 2.45) is 5.92 Å². The van der Waals surface area contributed by atoms with Gasteiger partial charge in [0.25, 0.3) is 0 Å². The van der Waals surface area contributed by atoms with Gasteiger partial charge >= 0.3 is 0 Å². The number of fused-ring (bicyclic) bond motifs is 7. The highest BCUT2D eigenvalue weighted by atomic mass is 15.1. The molecule has 2 aromatic rings. The van der Waals surface area contributed by atoms with E-state index in [1.165, 1.54) is 22.3 Å². The van der Waals surface area contributed by atoms with E-state index in [9.17, 15) is 0 Å². The highest BCUT2D eigenvalue weighted by Crippen LogP contribution is 2.51. The Balaban J connectivity index is 1.99. The molecule has 2 bridgehead atoms. The van der Waals surface area contributed by atoms with Crippen molar-refractivity contribution in [3.63, 3.8) is 0 Å². The topological polar surface area (TPSA) is 12.0 Å². The van der Waals surface area contributed by atoms with Gasteiger partial charge in [0, 0.05) is 6.04 Å². The summed E-state index contributed by atoms with van der Waals surface area (Å²) in [7, 11) is 0. The number of benzene rings is 2. The maximum Gasteiger partial charge on any atom is 0.0703 e. The average Bonchev–Trinajstić information content (AvgIpc) is 2.70. The molecule has 2 aliphatic rings. The minimum atomic E-state index is 0.0320. The van der Waals surface area contributed by atoms with Gasteiger partial charge in [0.05, 0.1) is 5.54 Å². The molecule has 0 saturated heterocycles. The van der Waals surface area contributed by atoms with Crippen molar-refractivity contribution >= 4 is 0 Å². The molecule has 4 rings (SSSR count). The Bertz CT molecular complexity index is 645. The molecule has 2 aromatic carbocycles. The Labute approximate surface area is 121 Å². The second-order valence-corrected chi connectivity index (χ2v) is 6.65. The zero-order valence-electron chi connectivity index (χ0n) is 12.2. The van der Waals surface area contributed by atoms with Crippen molar-refractivity contribution in [2.45, 2.75) is 38.3 Å². The Morgan fingerprint density at radius 2 is 1.75 bits per heavy atom. The molecule has 0 radical (unpaired) electrons. The van der Waals surface area contributed by atoms with Crippen molar-refractivity contribution < 1.29 is 0 Å². The quantitative estimate of drug-likeness (QED) is 0.857. The van der Waals surface area contributed by atoms with Gasteiger partial charge in [0.2, 0.25) is 0 Å². The van der Waals surface area contributed by atoms with E-state index in [1.807, 2.05) is 0 Å². The first-order valence-corrected chi connectivity index (χ1v) is 7.66. The largest absolute Gasteiger partial charge is 0.296 e. The van der Waals surface area contributed by atoms with E-state index in [4.69, 9.17) is 0 Å². The lowest BCUT2D eigenvalue weighted by molar-refractivity contribution is 0.302. The van der Waals surface area contributed by atoms with Crippen LogP contribution in [0.5, 0.6) is 0 Å². The number of hydrogen-bond donors (Lipinski definition) is 1. The lowest BCUT2D eigenvalue weighted by Gasteiger charge is -2.39. The van der Waals surface area contributed by atoms with Crippen LogP contribution >= 0.6 is 0 Å². The molecule has 1 nitrogen and oxygen atoms in total. The van der Waals surface area contributed by atoms with Gasteiger partial charge in [-0.25, -0.2) is 0 Å². The predicted molar refractivity (Wildman–Crippen MR) is 82.7 cm³/mol. The van der Waals surface area contributed by atoms with Crippen LogP contribution in [0.2, 0.25) is 0 Å². The first-order chi connectivity index (χ1) is 9.71. The summed E-state index contributed by atoms with van der Waals surface area (Å²) in [5.41, 5.74) is 6.06. The molecule has 2 atom stereocenters. The summed E-state index contributed by atoms with van der Waals surface area (Å²) in [4.78, 5) is 0. The number of hydrogen-bond acceptors (Lipinski definition) is 1. The van der Waals surface area contributed by atoms with Crippen LogP contribution in [-0.4, -0.2) is 0 Å². The molecule has 20 heavy (non-hydrogen) atoms. The molecule has 0 spiro atoms. The zero-order chi connectivity index (χ0) is 13.7. The molecule has 1 heteroatoms. The van der Waals surface area contributed by atoms with Crippen LogP contribution in [-0.2, 0) is 12.0 Å². The van der Waals surface area contributed by atoms with E-state index in [0.29, 0.717) is 12.0 Å². The Morgan fingerprint density at radius 3 is 2.55 bits per heavy atom. The van der Waals surface area contributed by atoms with Crippen LogP contribution in [0.25, 0.3) is 0 Å². The third-order valence-electron chi connectivity index (χ3n) is 4.83. The molecule has 0 unspecified atom stereocenters. The third-order valence-corrected chi connectivity index (χ3v) is 4.83. The average molecular weight is 263 g/mol. The molecular formula is C19H21N. The van der Waals surface area contributed by atoms with Gasteiger partial charge in [0.15, 0.2) is 0 Å². The first-order valence-electron chi connectivity index (χ1n) is 7.66. The van der Waals surface area contributed by atoms with Gasteiger partial charge in [-0.15, -0.1) is 0 Å². The minimum Gasteiger partial charge on any atom is -0.296 e. The molecule has 0 amide bonds. The summed E-state index contributed by atoms with van der Waals surface area (Å²) in [6.45, 7) is 4.65. The maximum absolute atomic E-state index is 3.96. The summed E-state index contributed by atoms with van der Waals surface area (Å²) in [6, 6.07) is 18.5. The second kappa shape index (κ2) is 4.20. The highest BCUT2D eigenvalue weighted by Gasteiger charge is 2.48. The van der Waals surface area contributed by atoms with Gasteiger partial charge in [-0.2, -0.15) is 0 Å². The van der Waals surface area contributed by atoms with Crippen LogP contribution in [0, 0.1) is 5.92 Å². The second-order valence-electron chi connectivity index (χ2n) is 6.65. The van der Waals surface area contributed by atoms with E-state index in [2.05, 4.69) is 67.7 Å². The van der Waals surface area contributed by atoms with E-state index < -0.39 is 0 Å². The predicted octanol–water partition coefficient (Wildman–Crippen LogP) is 4.18. The molecule has 0 aromatic heterocycles. The van der Waals surface area contributed by atoms with Crippen molar-refractivity contribution in [2.75, 3.05) is 0 Å². The summed E-state index contributed by atoms with van der Waals surface area (Å²) in [6.07, 6.45) is 2.28. The molecule has 102 valence electrons. The van der Waals surface area contributed by atoms with Crippen LogP contribution in [0.4, 0.5) is 0 Å². The van der Waals surface area contributed by atoms with Crippen LogP contribution in [0.3, 0.4) is 0 Å². The van der Waals surface area contributed by atoms with Gasteiger partial charge < -0.3 is 0 Å². The van der Waals surface area contributed by atoms with Gasteiger partial charge in [-0.1, -0.05) is 62.4 Å². The summed E-state index contributed by atoms with van der Waals surface area (Å²) in [5.74, 6) is 0.667. The van der Waals surface area contributed by atoms with Crippen molar-refractivity contribution in [1.29, 1.82) is 0 Å². The fourth-order valence-corrected chi connectivity index (χ4v) is 4.25. The normalized spacial score (nSPS) is 26.4. The molecule has 2 heterocycles. The molecule has 0 fully saturated rings. The Kier molecular flexibility index (Phi) is 2.55. The van der Waals surface area contributed by atoms with Gasteiger partial charge in [-0.05, 0) is 41.0 Å². The van der Waals surface area contributed by atoms with Crippen LogP contribution < -0.4 is 5.32 Å². The molecule has 2 aliphatic heterocycles. The lowest BCUT2D eigenvalue weighted by Crippen LogP contribution is -2.44. The standard InChI is InChI=1S/C19H21N/c1-13(2)12-19-16-9-5-3-7-14(16)11-18(20-19)15-8-4-6-10-17(15)19/h3-10,13,18,20H,11-12H2,1-2H3/t18-,19+/m1/s1. The summed E-state index contributed by atoms with van der Waals surface area (Å²) in [5, 5.41) is 3.96. The van der Waals surface area contributed by atoms with E-state index in [1.54, 1.807) is 0 Å². The summed E-state index contributed by atoms with van der Waals surface area (Å²) >= 11 is 0. The van der Waals surface area contributed by atoms with E-state index >= 15 is 0 Å². The van der Waals surface area contributed by atoms with Crippen LogP contribution in [0.15, 0.2) is 48.5 Å². The Morgan fingerprint density at radius 1 is 1.05 bits per heavy atom. The summed E-state index contributed by atoms with van der Waals surface area (Å²) < 4.78 is 0. The molecule has 0 aliphatic carbocycles. The first kappa shape index (κ1) is 12.2. The fraction of sp³-hybridized carbons (Fsp3) is 0.368. The highest BCUT2D eigenvalue weighted by molar-refractivity contribution is 5.54. The molecular weight excluding hydrogens is 242 g/mol. The minimum absolute atomic E-state index is 0.0320. The molecule has 0 saturated carbocycles. The lowest BCUT2D eigenvalue weighted by atomic mass is 9.75. The monoisotopic (exact) mass is 263 g/mol. The third kappa shape index (κ3) is 1.53. The van der Waals surface area contributed by atoms with Crippen LogP contribution in [0.1, 0.15) is 48.6 Å². The van der Waals surface area contributed by atoms with E-state index in [-0.39, 0.29) is 5.54 Å². The van der Waals surface area contributed by atoms with Crippen molar-refractivity contribution in [1.82, 2.24) is 5.32 Å².